The van der Waals surface area contributed by atoms with Gasteiger partial charge in [-0.1, -0.05) is 29.8 Å². The molecular weight excluding hydrogens is 534 g/mol. The van der Waals surface area contributed by atoms with Crippen LogP contribution < -0.4 is 14.8 Å². The molecule has 212 valence electrons. The molecule has 3 aromatic carbocycles. The van der Waals surface area contributed by atoms with Gasteiger partial charge in [-0.25, -0.2) is 13.2 Å². The van der Waals surface area contributed by atoms with Gasteiger partial charge in [0.25, 0.3) is 5.91 Å². The molecule has 0 saturated carbocycles. The van der Waals surface area contributed by atoms with Crippen molar-refractivity contribution in [3.8, 4) is 11.5 Å². The van der Waals surface area contributed by atoms with Crippen LogP contribution in [-0.2, 0) is 21.3 Å². The molecule has 1 fully saturated rings. The third-order valence-electron chi connectivity index (χ3n) is 6.76. The highest BCUT2D eigenvalue weighted by Crippen LogP contribution is 2.34. The van der Waals surface area contributed by atoms with Crippen molar-refractivity contribution < 1.29 is 32.2 Å². The van der Waals surface area contributed by atoms with E-state index in [0.717, 1.165) is 11.1 Å². The molecule has 1 N–H and O–H groups in total. The molecule has 0 bridgehead atoms. The monoisotopic (exact) mass is 567 g/mol. The second-order valence-electron chi connectivity index (χ2n) is 9.39. The maximum atomic E-state index is 13.2. The van der Waals surface area contributed by atoms with Gasteiger partial charge in [-0.3, -0.25) is 9.69 Å². The van der Waals surface area contributed by atoms with Crippen LogP contribution in [0.25, 0.3) is 0 Å². The van der Waals surface area contributed by atoms with Gasteiger partial charge < -0.3 is 19.5 Å². The van der Waals surface area contributed by atoms with E-state index in [1.807, 2.05) is 13.0 Å². The van der Waals surface area contributed by atoms with E-state index in [4.69, 9.17) is 14.2 Å². The largest absolute Gasteiger partial charge is 0.493 e. The molecule has 0 atom stereocenters. The van der Waals surface area contributed by atoms with E-state index >= 15 is 0 Å². The predicted molar refractivity (Wildman–Crippen MR) is 150 cm³/mol. The number of carbonyl (C=O) groups is 2. The highest BCUT2D eigenvalue weighted by atomic mass is 32.2. The van der Waals surface area contributed by atoms with Gasteiger partial charge >= 0.3 is 5.97 Å². The van der Waals surface area contributed by atoms with Crippen molar-refractivity contribution in [2.75, 3.05) is 52.8 Å². The Hall–Kier alpha value is -3.93. The topological polar surface area (TPSA) is 114 Å². The van der Waals surface area contributed by atoms with E-state index in [0.29, 0.717) is 54.7 Å². The number of hydrogen-bond acceptors (Lipinski definition) is 8. The zero-order valence-electron chi connectivity index (χ0n) is 23.0. The maximum Gasteiger partial charge on any atom is 0.340 e. The fraction of sp³-hybridized carbons (Fsp3) is 0.310. The zero-order chi connectivity index (χ0) is 28.9. The lowest BCUT2D eigenvalue weighted by Gasteiger charge is -2.34. The van der Waals surface area contributed by atoms with E-state index in [9.17, 15) is 18.0 Å². The number of ether oxygens (including phenoxy) is 3. The summed E-state index contributed by atoms with van der Waals surface area (Å²) in [4.78, 5) is 28.0. The van der Waals surface area contributed by atoms with Gasteiger partial charge in [-0.15, -0.1) is 0 Å². The molecule has 1 amide bonds. The molecule has 1 saturated heterocycles. The molecule has 40 heavy (non-hydrogen) atoms. The molecule has 10 nitrogen and oxygen atoms in total. The predicted octanol–water partition coefficient (Wildman–Crippen LogP) is 3.56. The quantitative estimate of drug-likeness (QED) is 0.391. The second kappa shape index (κ2) is 12.5. The Morgan fingerprint density at radius 1 is 0.875 bits per heavy atom. The van der Waals surface area contributed by atoms with Crippen LogP contribution >= 0.6 is 0 Å². The fourth-order valence-electron chi connectivity index (χ4n) is 4.51. The number of methoxy groups -OCH3 is 3. The van der Waals surface area contributed by atoms with Crippen molar-refractivity contribution in [1.29, 1.82) is 0 Å². The minimum Gasteiger partial charge on any atom is -0.493 e. The summed E-state index contributed by atoms with van der Waals surface area (Å²) in [6.45, 7) is 4.37. The van der Waals surface area contributed by atoms with Crippen LogP contribution in [0, 0.1) is 6.92 Å². The fourth-order valence-corrected chi connectivity index (χ4v) is 5.93. The van der Waals surface area contributed by atoms with Crippen molar-refractivity contribution in [2.24, 2.45) is 0 Å². The first kappa shape index (κ1) is 29.1. The molecular formula is C29H33N3O7S. The molecule has 0 spiro atoms. The van der Waals surface area contributed by atoms with Gasteiger partial charge in [0.15, 0.2) is 11.5 Å². The van der Waals surface area contributed by atoms with Crippen molar-refractivity contribution in [3.63, 3.8) is 0 Å². The molecule has 11 heteroatoms. The number of aryl methyl sites for hydroxylation is 1. The molecule has 0 aliphatic carbocycles. The van der Waals surface area contributed by atoms with Crippen LogP contribution in [0.5, 0.6) is 11.5 Å². The van der Waals surface area contributed by atoms with Crippen LogP contribution in [0.15, 0.2) is 65.6 Å². The smallest absolute Gasteiger partial charge is 0.340 e. The Morgan fingerprint density at radius 3 is 2.15 bits per heavy atom. The first-order valence-corrected chi connectivity index (χ1v) is 14.1. The normalized spacial score (nSPS) is 14.4. The summed E-state index contributed by atoms with van der Waals surface area (Å²) in [5.74, 6) is -0.362. The van der Waals surface area contributed by atoms with Crippen molar-refractivity contribution >= 4 is 27.6 Å². The molecule has 4 rings (SSSR count). The summed E-state index contributed by atoms with van der Waals surface area (Å²) in [6, 6.07) is 17.0. The molecule has 1 aliphatic heterocycles. The Balaban J connectivity index is 1.43. The number of anilines is 1. The Kier molecular flexibility index (Phi) is 9.08. The molecule has 1 aliphatic rings. The summed E-state index contributed by atoms with van der Waals surface area (Å²) < 4.78 is 43.0. The number of rotatable bonds is 9. The number of benzene rings is 3. The van der Waals surface area contributed by atoms with E-state index < -0.39 is 21.9 Å². The van der Waals surface area contributed by atoms with E-state index in [1.165, 1.54) is 37.8 Å². The first-order valence-electron chi connectivity index (χ1n) is 12.7. The number of nitrogens with one attached hydrogen (secondary N) is 1. The third kappa shape index (κ3) is 6.44. The summed E-state index contributed by atoms with van der Waals surface area (Å²) in [7, 11) is 0.626. The van der Waals surface area contributed by atoms with Crippen LogP contribution in [-0.4, -0.2) is 77.0 Å². The first-order chi connectivity index (χ1) is 19.2. The summed E-state index contributed by atoms with van der Waals surface area (Å²) in [5.41, 5.74) is 2.67. The lowest BCUT2D eigenvalue weighted by atomic mass is 10.1. The minimum absolute atomic E-state index is 0.128. The Labute approximate surface area is 234 Å². The third-order valence-corrected chi connectivity index (χ3v) is 8.68. The van der Waals surface area contributed by atoms with Gasteiger partial charge in [-0.2, -0.15) is 4.31 Å². The maximum absolute atomic E-state index is 13.2. The number of carbonyl (C=O) groups excluding carboxylic acids is 2. The van der Waals surface area contributed by atoms with Gasteiger partial charge in [0.05, 0.1) is 37.5 Å². The lowest BCUT2D eigenvalue weighted by Crippen LogP contribution is -2.48. The molecule has 0 radical (unpaired) electrons. The number of esters is 1. The van der Waals surface area contributed by atoms with E-state index in [1.54, 1.807) is 42.5 Å². The SMILES string of the molecule is COC(=O)c1cc(OC)c(OC)cc1NC(=O)c1cccc(CN2CCN(S(=O)(=O)c3ccc(C)cc3)CC2)c1. The average Bonchev–Trinajstić information content (AvgIpc) is 2.97. The number of hydrogen-bond donors (Lipinski definition) is 1. The highest BCUT2D eigenvalue weighted by Gasteiger charge is 2.28. The summed E-state index contributed by atoms with van der Waals surface area (Å²) >= 11 is 0. The molecule has 0 aromatic heterocycles. The summed E-state index contributed by atoms with van der Waals surface area (Å²) in [6.07, 6.45) is 0. The van der Waals surface area contributed by atoms with Crippen molar-refractivity contribution in [2.45, 2.75) is 18.4 Å². The second-order valence-corrected chi connectivity index (χ2v) is 11.3. The average molecular weight is 568 g/mol. The lowest BCUT2D eigenvalue weighted by molar-refractivity contribution is 0.0601. The van der Waals surface area contributed by atoms with E-state index in [2.05, 4.69) is 10.2 Å². The van der Waals surface area contributed by atoms with Crippen molar-refractivity contribution in [1.82, 2.24) is 9.21 Å². The van der Waals surface area contributed by atoms with Gasteiger partial charge in [0.1, 0.15) is 0 Å². The van der Waals surface area contributed by atoms with E-state index in [-0.39, 0.29) is 11.3 Å². The number of piperazine rings is 1. The Bertz CT molecular complexity index is 1480. The number of amides is 1. The number of nitrogens with zero attached hydrogens (tertiary/aromatic N) is 2. The standard InChI is InChI=1S/C29H33N3O7S/c1-20-8-10-23(11-9-20)40(35,36)32-14-12-31(13-15-32)19-21-6-5-7-22(16-21)28(33)30-25-18-27(38-3)26(37-2)17-24(25)29(34)39-4/h5-11,16-18H,12-15,19H2,1-4H3,(H,30,33). The highest BCUT2D eigenvalue weighted by molar-refractivity contribution is 7.89. The molecule has 1 heterocycles. The number of sulfonamides is 1. The molecule has 0 unspecified atom stereocenters. The molecule has 3 aromatic rings. The minimum atomic E-state index is -3.54. The van der Waals surface area contributed by atoms with Crippen molar-refractivity contribution in [3.05, 3.63) is 82.9 Å². The van der Waals surface area contributed by atoms with Gasteiger partial charge in [0, 0.05) is 50.4 Å². The van der Waals surface area contributed by atoms with Crippen LogP contribution in [0.3, 0.4) is 0 Å². The van der Waals surface area contributed by atoms with Crippen LogP contribution in [0.2, 0.25) is 0 Å². The zero-order valence-corrected chi connectivity index (χ0v) is 23.8. The van der Waals surface area contributed by atoms with Crippen LogP contribution in [0.4, 0.5) is 5.69 Å². The van der Waals surface area contributed by atoms with Crippen LogP contribution in [0.1, 0.15) is 31.8 Å². The summed E-state index contributed by atoms with van der Waals surface area (Å²) in [5, 5.41) is 2.78. The van der Waals surface area contributed by atoms with Gasteiger partial charge in [0.2, 0.25) is 10.0 Å². The Morgan fingerprint density at radius 2 is 1.52 bits per heavy atom. The van der Waals surface area contributed by atoms with Gasteiger partial charge in [-0.05, 0) is 36.8 Å².